The fourth-order valence-electron chi connectivity index (χ4n) is 0.125. The lowest BCUT2D eigenvalue weighted by atomic mass is 10.4. The molecule has 0 rings (SSSR count). The summed E-state index contributed by atoms with van der Waals surface area (Å²) < 4.78 is 0. The van der Waals surface area contributed by atoms with E-state index in [1.54, 1.807) is 0 Å². The highest BCUT2D eigenvalue weighted by Gasteiger charge is 1.85. The molecule has 4 nitrogen and oxygen atoms in total. The standard InChI is InChI=1S/C3H6N2O2/c1-3(5-7)2-4-6/h7H,2H2,1H3/b5-3-. The van der Waals surface area contributed by atoms with Gasteiger partial charge in [0.2, 0.25) is 0 Å². The van der Waals surface area contributed by atoms with Gasteiger partial charge in [0.05, 0.1) is 5.71 Å². The van der Waals surface area contributed by atoms with Gasteiger partial charge >= 0.3 is 0 Å². The molecule has 1 N–H and O–H groups in total. The molecule has 0 aromatic carbocycles. The second-order valence-electron chi connectivity index (χ2n) is 1.12. The van der Waals surface area contributed by atoms with Crippen LogP contribution in [0.3, 0.4) is 0 Å². The molecule has 0 saturated heterocycles. The van der Waals surface area contributed by atoms with Gasteiger partial charge in [0.1, 0.15) is 6.54 Å². The van der Waals surface area contributed by atoms with Crippen LogP contribution in [0.15, 0.2) is 10.3 Å². The van der Waals surface area contributed by atoms with Crippen molar-refractivity contribution in [1.82, 2.24) is 0 Å². The van der Waals surface area contributed by atoms with Crippen LogP contribution in [-0.4, -0.2) is 17.5 Å². The molecule has 0 bridgehead atoms. The number of hydrogen-bond donors (Lipinski definition) is 1. The number of nitroso groups, excluding NO2 is 1. The van der Waals surface area contributed by atoms with E-state index in [1.165, 1.54) is 6.92 Å². The number of rotatable bonds is 2. The van der Waals surface area contributed by atoms with E-state index in [0.29, 0.717) is 5.71 Å². The van der Waals surface area contributed by atoms with Crippen LogP contribution in [0.4, 0.5) is 0 Å². The first kappa shape index (κ1) is 6.07. The average molecular weight is 102 g/mol. The predicted octanol–water partition coefficient (Wildman–Crippen LogP) is 0.603. The van der Waals surface area contributed by atoms with Gasteiger partial charge in [0, 0.05) is 0 Å². The summed E-state index contributed by atoms with van der Waals surface area (Å²) in [5.74, 6) is 0. The molecule has 40 valence electrons. The van der Waals surface area contributed by atoms with Crippen LogP contribution in [0, 0.1) is 4.91 Å². The molecule has 0 aromatic rings. The Morgan fingerprint density at radius 3 is 2.57 bits per heavy atom. The predicted molar refractivity (Wildman–Crippen MR) is 25.6 cm³/mol. The van der Waals surface area contributed by atoms with E-state index in [9.17, 15) is 4.91 Å². The van der Waals surface area contributed by atoms with Crippen LogP contribution in [0.2, 0.25) is 0 Å². The summed E-state index contributed by atoms with van der Waals surface area (Å²) in [7, 11) is 0. The Labute approximate surface area is 40.8 Å². The molecule has 0 heterocycles. The molecule has 0 aromatic heterocycles. The Bertz CT molecular complexity index is 88.9. The molecular formula is C3H6N2O2. The van der Waals surface area contributed by atoms with E-state index in [4.69, 9.17) is 5.21 Å². The summed E-state index contributed by atoms with van der Waals surface area (Å²) in [5.41, 5.74) is 0.329. The van der Waals surface area contributed by atoms with Gasteiger partial charge in [-0.05, 0) is 6.92 Å². The van der Waals surface area contributed by atoms with E-state index in [2.05, 4.69) is 10.3 Å². The molecule has 0 aliphatic heterocycles. The highest BCUT2D eigenvalue weighted by molar-refractivity contribution is 5.83. The van der Waals surface area contributed by atoms with Gasteiger partial charge in [0.25, 0.3) is 0 Å². The van der Waals surface area contributed by atoms with E-state index in [-0.39, 0.29) is 6.54 Å². The third-order valence-corrected chi connectivity index (χ3v) is 0.464. The zero-order valence-electron chi connectivity index (χ0n) is 3.96. The Morgan fingerprint density at radius 1 is 1.86 bits per heavy atom. The zero-order chi connectivity index (χ0) is 5.70. The molecule has 0 atom stereocenters. The van der Waals surface area contributed by atoms with Crippen molar-refractivity contribution in [3.63, 3.8) is 0 Å². The van der Waals surface area contributed by atoms with Gasteiger partial charge in [-0.2, -0.15) is 4.91 Å². The third-order valence-electron chi connectivity index (χ3n) is 0.464. The van der Waals surface area contributed by atoms with Gasteiger partial charge < -0.3 is 5.21 Å². The Morgan fingerprint density at radius 2 is 2.43 bits per heavy atom. The van der Waals surface area contributed by atoms with E-state index >= 15 is 0 Å². The highest BCUT2D eigenvalue weighted by Crippen LogP contribution is 1.73. The zero-order valence-corrected chi connectivity index (χ0v) is 3.96. The maximum Gasteiger partial charge on any atom is 0.122 e. The van der Waals surface area contributed by atoms with Gasteiger partial charge in [-0.25, -0.2) is 0 Å². The Hall–Kier alpha value is -0.930. The van der Waals surface area contributed by atoms with Crippen molar-refractivity contribution in [2.24, 2.45) is 10.3 Å². The summed E-state index contributed by atoms with van der Waals surface area (Å²) in [6.07, 6.45) is 0. The highest BCUT2D eigenvalue weighted by atomic mass is 16.4. The lowest BCUT2D eigenvalue weighted by Gasteiger charge is -1.80. The molecule has 0 aliphatic rings. The quantitative estimate of drug-likeness (QED) is 0.240. The Kier molecular flexibility index (Phi) is 2.83. The summed E-state index contributed by atoms with van der Waals surface area (Å²) >= 11 is 0. The van der Waals surface area contributed by atoms with E-state index in [1.807, 2.05) is 0 Å². The minimum absolute atomic E-state index is 0.0313. The normalized spacial score (nSPS) is 11.3. The molecule has 7 heavy (non-hydrogen) atoms. The summed E-state index contributed by atoms with van der Waals surface area (Å²) in [4.78, 5) is 9.33. The molecule has 0 spiro atoms. The van der Waals surface area contributed by atoms with Crippen molar-refractivity contribution in [2.45, 2.75) is 6.92 Å². The van der Waals surface area contributed by atoms with Crippen LogP contribution in [0.1, 0.15) is 6.92 Å². The fraction of sp³-hybridized carbons (Fsp3) is 0.667. The van der Waals surface area contributed by atoms with Gasteiger partial charge in [-0.3, -0.25) is 0 Å². The summed E-state index contributed by atoms with van der Waals surface area (Å²) in [6.45, 7) is 1.48. The molecule has 0 unspecified atom stereocenters. The number of oxime groups is 1. The first-order chi connectivity index (χ1) is 3.31. The van der Waals surface area contributed by atoms with Gasteiger partial charge in [0.15, 0.2) is 0 Å². The lowest BCUT2D eigenvalue weighted by Crippen LogP contribution is -1.93. The van der Waals surface area contributed by atoms with Crippen LogP contribution in [-0.2, 0) is 0 Å². The number of hydrogen-bond acceptors (Lipinski definition) is 4. The third kappa shape index (κ3) is 2.88. The topological polar surface area (TPSA) is 62.0 Å². The SMILES string of the molecule is C/C(CN=O)=N/O. The Balaban J connectivity index is 3.36. The molecule has 0 fully saturated rings. The van der Waals surface area contributed by atoms with Gasteiger partial charge in [-0.1, -0.05) is 10.3 Å². The molecular weight excluding hydrogens is 96.0 g/mol. The van der Waals surface area contributed by atoms with E-state index in [0.717, 1.165) is 0 Å². The van der Waals surface area contributed by atoms with Crippen LogP contribution in [0.25, 0.3) is 0 Å². The van der Waals surface area contributed by atoms with Crippen molar-refractivity contribution < 1.29 is 5.21 Å². The van der Waals surface area contributed by atoms with Crippen molar-refractivity contribution in [1.29, 1.82) is 0 Å². The van der Waals surface area contributed by atoms with Gasteiger partial charge in [-0.15, -0.1) is 0 Å². The smallest absolute Gasteiger partial charge is 0.122 e. The van der Waals surface area contributed by atoms with Crippen LogP contribution >= 0.6 is 0 Å². The first-order valence-corrected chi connectivity index (χ1v) is 1.78. The maximum atomic E-state index is 9.33. The van der Waals surface area contributed by atoms with E-state index < -0.39 is 0 Å². The fourth-order valence-corrected chi connectivity index (χ4v) is 0.125. The number of nitrogens with zero attached hydrogens (tertiary/aromatic N) is 2. The second-order valence-corrected chi connectivity index (χ2v) is 1.12. The molecule has 0 saturated carbocycles. The second kappa shape index (κ2) is 3.27. The minimum Gasteiger partial charge on any atom is -0.411 e. The van der Waals surface area contributed by atoms with Crippen LogP contribution < -0.4 is 0 Å². The maximum absolute atomic E-state index is 9.33. The van der Waals surface area contributed by atoms with Crippen molar-refractivity contribution >= 4 is 5.71 Å². The van der Waals surface area contributed by atoms with Crippen molar-refractivity contribution in [3.8, 4) is 0 Å². The summed E-state index contributed by atoms with van der Waals surface area (Å²) in [6, 6.07) is 0. The minimum atomic E-state index is -0.0313. The largest absolute Gasteiger partial charge is 0.411 e. The lowest BCUT2D eigenvalue weighted by molar-refractivity contribution is 0.318. The first-order valence-electron chi connectivity index (χ1n) is 1.78. The molecule has 4 heteroatoms. The molecule has 0 amide bonds. The van der Waals surface area contributed by atoms with Crippen LogP contribution in [0.5, 0.6) is 0 Å². The molecule has 0 radical (unpaired) electrons. The monoisotopic (exact) mass is 102 g/mol. The average Bonchev–Trinajstić information content (AvgIpc) is 1.68. The van der Waals surface area contributed by atoms with Crippen molar-refractivity contribution in [3.05, 3.63) is 4.91 Å². The van der Waals surface area contributed by atoms with Crippen molar-refractivity contribution in [2.75, 3.05) is 6.54 Å². The summed E-state index contributed by atoms with van der Waals surface area (Å²) in [5, 5.41) is 13.0. The molecule has 0 aliphatic carbocycles.